The summed E-state index contributed by atoms with van der Waals surface area (Å²) in [6.45, 7) is 0. The molecule has 0 radical (unpaired) electrons. The van der Waals surface area contributed by atoms with Gasteiger partial charge in [0.1, 0.15) is 11.6 Å². The van der Waals surface area contributed by atoms with Crippen LogP contribution in [0.4, 0.5) is 35.1 Å². The molecule has 0 spiro atoms. The van der Waals surface area contributed by atoms with E-state index in [0.717, 1.165) is 30.3 Å². The van der Waals surface area contributed by atoms with E-state index in [9.17, 15) is 35.1 Å². The van der Waals surface area contributed by atoms with Gasteiger partial charge in [-0.3, -0.25) is 0 Å². The Hall–Kier alpha value is -1.86. The highest BCUT2D eigenvalue weighted by Gasteiger charge is 2.73. The Bertz CT molecular complexity index is 602. The van der Waals surface area contributed by atoms with E-state index in [4.69, 9.17) is 0 Å². The van der Waals surface area contributed by atoms with Crippen LogP contribution >= 0.6 is 0 Å². The van der Waals surface area contributed by atoms with Gasteiger partial charge < -0.3 is 0 Å². The quantitative estimate of drug-likeness (QED) is 0.591. The van der Waals surface area contributed by atoms with Crippen molar-refractivity contribution in [1.29, 1.82) is 0 Å². The maximum atomic E-state index is 13.6. The minimum absolute atomic E-state index is 0.0389. The summed E-state index contributed by atoms with van der Waals surface area (Å²) >= 11 is 0. The van der Waals surface area contributed by atoms with Crippen molar-refractivity contribution >= 4 is 5.57 Å². The van der Waals surface area contributed by atoms with Gasteiger partial charge in [0, 0.05) is 6.42 Å². The van der Waals surface area contributed by atoms with E-state index in [1.165, 1.54) is 0 Å². The predicted octanol–water partition coefficient (Wildman–Crippen LogP) is 5.58. The van der Waals surface area contributed by atoms with Crippen molar-refractivity contribution in [3.8, 4) is 0 Å². The van der Waals surface area contributed by atoms with Gasteiger partial charge in [0.25, 0.3) is 0 Å². The lowest BCUT2D eigenvalue weighted by Crippen LogP contribution is -2.51. The van der Waals surface area contributed by atoms with E-state index in [1.54, 1.807) is 0 Å². The summed E-state index contributed by atoms with van der Waals surface area (Å²) in [5.74, 6) is -3.00. The lowest BCUT2D eigenvalue weighted by atomic mass is 9.74. The average Bonchev–Trinajstić information content (AvgIpc) is 2.37. The van der Waals surface area contributed by atoms with Gasteiger partial charge in [-0.15, -0.1) is 0 Å². The van der Waals surface area contributed by atoms with Gasteiger partial charge in [-0.05, 0) is 29.3 Å². The summed E-state index contributed by atoms with van der Waals surface area (Å²) in [5, 5.41) is 0. The van der Waals surface area contributed by atoms with Crippen LogP contribution < -0.4 is 0 Å². The van der Waals surface area contributed by atoms with Crippen LogP contribution in [0, 0.1) is 11.2 Å². The Morgan fingerprint density at radius 1 is 0.773 bits per heavy atom. The third-order valence-corrected chi connectivity index (χ3v) is 3.48. The first kappa shape index (κ1) is 16.5. The van der Waals surface area contributed by atoms with Crippen LogP contribution in [0.25, 0.3) is 5.57 Å². The van der Waals surface area contributed by atoms with E-state index in [0.29, 0.717) is 0 Å². The largest absolute Gasteiger partial charge is 0.409 e. The van der Waals surface area contributed by atoms with Gasteiger partial charge in [0.2, 0.25) is 5.41 Å². The number of hydrogen-bond donors (Lipinski definition) is 0. The number of alkyl halides is 6. The van der Waals surface area contributed by atoms with E-state index >= 15 is 0 Å². The third-order valence-electron chi connectivity index (χ3n) is 3.48. The number of hydrogen-bond acceptors (Lipinski definition) is 0. The molecule has 0 amide bonds. The molecule has 0 saturated heterocycles. The minimum atomic E-state index is -5.86. The molecule has 22 heavy (non-hydrogen) atoms. The highest BCUT2D eigenvalue weighted by Crippen LogP contribution is 2.60. The van der Waals surface area contributed by atoms with Crippen LogP contribution in [0.2, 0.25) is 0 Å². The molecule has 0 heterocycles. The third kappa shape index (κ3) is 2.50. The van der Waals surface area contributed by atoms with Crippen molar-refractivity contribution in [2.75, 3.05) is 0 Å². The van der Waals surface area contributed by atoms with Gasteiger partial charge in [0.15, 0.2) is 0 Å². The number of halogens is 8. The normalized spacial score (nSPS) is 18.7. The molecule has 1 aromatic rings. The molecular weight excluding hydrogens is 320 g/mol. The first-order valence-electron chi connectivity index (χ1n) is 5.95. The first-order valence-corrected chi connectivity index (χ1v) is 5.95. The van der Waals surface area contributed by atoms with Crippen molar-refractivity contribution in [1.82, 2.24) is 0 Å². The van der Waals surface area contributed by atoms with Crippen molar-refractivity contribution in [2.45, 2.75) is 18.8 Å². The Morgan fingerprint density at radius 3 is 1.73 bits per heavy atom. The van der Waals surface area contributed by atoms with Gasteiger partial charge in [-0.2, -0.15) is 26.3 Å². The monoisotopic (exact) mass is 328 g/mol. The Labute approximate surface area is 119 Å². The molecule has 120 valence electrons. The van der Waals surface area contributed by atoms with Crippen LogP contribution in [-0.4, -0.2) is 12.4 Å². The van der Waals surface area contributed by atoms with Crippen LogP contribution in [0.3, 0.4) is 0 Å². The van der Waals surface area contributed by atoms with Crippen molar-refractivity contribution in [2.24, 2.45) is 5.41 Å². The van der Waals surface area contributed by atoms with E-state index in [1.807, 2.05) is 0 Å². The fraction of sp³-hybridized carbons (Fsp3) is 0.286. The zero-order valence-corrected chi connectivity index (χ0v) is 10.7. The van der Waals surface area contributed by atoms with Crippen molar-refractivity contribution < 1.29 is 35.1 Å². The molecular formula is C14H8F8. The second-order valence-corrected chi connectivity index (χ2v) is 4.79. The number of allylic oxidation sites excluding steroid dienone is 4. The molecule has 0 nitrogen and oxygen atoms in total. The highest BCUT2D eigenvalue weighted by molar-refractivity contribution is 5.70. The molecule has 0 bridgehead atoms. The van der Waals surface area contributed by atoms with Crippen LogP contribution in [0.1, 0.15) is 12.0 Å². The molecule has 0 N–H and O–H groups in total. The topological polar surface area (TPSA) is 0 Å². The molecule has 1 aliphatic carbocycles. The Balaban J connectivity index is 2.55. The summed E-state index contributed by atoms with van der Waals surface area (Å²) in [6, 6.07) is 3.87. The van der Waals surface area contributed by atoms with Gasteiger partial charge in [0.05, 0.1) is 0 Å². The van der Waals surface area contributed by atoms with Crippen molar-refractivity contribution in [3.63, 3.8) is 0 Å². The molecule has 0 aromatic heterocycles. The van der Waals surface area contributed by atoms with E-state index in [-0.39, 0.29) is 17.2 Å². The second-order valence-electron chi connectivity index (χ2n) is 4.79. The maximum absolute atomic E-state index is 13.6. The van der Waals surface area contributed by atoms with Gasteiger partial charge in [-0.1, -0.05) is 18.2 Å². The fourth-order valence-electron chi connectivity index (χ4n) is 2.24. The molecule has 1 aliphatic rings. The van der Waals surface area contributed by atoms with E-state index < -0.39 is 35.8 Å². The predicted molar refractivity (Wildman–Crippen MR) is 62.7 cm³/mol. The Morgan fingerprint density at radius 2 is 1.27 bits per heavy atom. The second kappa shape index (κ2) is 5.10. The maximum Gasteiger partial charge on any atom is 0.409 e. The number of benzene rings is 1. The molecule has 0 aliphatic heterocycles. The lowest BCUT2D eigenvalue weighted by molar-refractivity contribution is -0.329. The minimum Gasteiger partial charge on any atom is -0.210 e. The Kier molecular flexibility index (Phi) is 3.83. The summed E-state index contributed by atoms with van der Waals surface area (Å²) in [5.41, 5.74) is -5.00. The molecule has 8 heteroatoms. The van der Waals surface area contributed by atoms with Gasteiger partial charge >= 0.3 is 12.4 Å². The smallest absolute Gasteiger partial charge is 0.210 e. The number of rotatable bonds is 1. The molecule has 0 saturated carbocycles. The molecule has 2 rings (SSSR count). The zero-order valence-electron chi connectivity index (χ0n) is 10.7. The zero-order chi connectivity index (χ0) is 16.8. The SMILES string of the molecule is FC1=CC=C(c2ccc(F)cc2)CC1(C(F)(F)F)C(F)(F)F. The molecule has 0 atom stereocenters. The summed E-state index contributed by atoms with van der Waals surface area (Å²) in [7, 11) is 0. The highest BCUT2D eigenvalue weighted by atomic mass is 19.4. The van der Waals surface area contributed by atoms with Gasteiger partial charge in [-0.25, -0.2) is 8.78 Å². The van der Waals surface area contributed by atoms with Crippen molar-refractivity contribution in [3.05, 3.63) is 53.6 Å². The standard InChI is InChI=1S/C14H8F8/c15-10-4-1-8(2-5-10)9-3-6-11(16)12(7-9,13(17,18)19)14(20,21)22/h1-6H,7H2. The van der Waals surface area contributed by atoms with Crippen LogP contribution in [0.15, 0.2) is 42.2 Å². The fourth-order valence-corrected chi connectivity index (χ4v) is 2.24. The molecule has 0 fully saturated rings. The molecule has 0 unspecified atom stereocenters. The van der Waals surface area contributed by atoms with Crippen LogP contribution in [-0.2, 0) is 0 Å². The van der Waals surface area contributed by atoms with E-state index in [2.05, 4.69) is 0 Å². The summed E-state index contributed by atoms with van der Waals surface area (Å²) < 4.78 is 104. The summed E-state index contributed by atoms with van der Waals surface area (Å²) in [4.78, 5) is 0. The lowest BCUT2D eigenvalue weighted by Gasteiger charge is -2.38. The average molecular weight is 328 g/mol. The van der Waals surface area contributed by atoms with Crippen LogP contribution in [0.5, 0.6) is 0 Å². The molecule has 1 aromatic carbocycles. The first-order chi connectivity index (χ1) is 9.99. The summed E-state index contributed by atoms with van der Waals surface area (Å²) in [6.07, 6.45) is -12.4.